The van der Waals surface area contributed by atoms with Crippen molar-refractivity contribution in [2.45, 2.75) is 18.1 Å². The lowest BCUT2D eigenvalue weighted by Crippen LogP contribution is -2.17. The number of aromatic carboxylic acids is 1. The van der Waals surface area contributed by atoms with Gasteiger partial charge in [0.2, 0.25) is 5.16 Å². The van der Waals surface area contributed by atoms with Crippen molar-refractivity contribution in [3.8, 4) is 0 Å². The van der Waals surface area contributed by atoms with Gasteiger partial charge < -0.3 is 10.4 Å². The molecule has 1 aromatic heterocycles. The average molecular weight is 344 g/mol. The number of hydrogen-bond acceptors (Lipinski definition) is 6. The van der Waals surface area contributed by atoms with E-state index < -0.39 is 5.97 Å². The maximum Gasteiger partial charge on any atom is 0.336 e. The molecule has 0 radical (unpaired) electrons. The van der Waals surface area contributed by atoms with E-state index in [0.717, 1.165) is 29.4 Å². The third-order valence-corrected chi connectivity index (χ3v) is 3.97. The third-order valence-electron chi connectivity index (χ3n) is 2.87. The van der Waals surface area contributed by atoms with E-state index >= 15 is 0 Å². The number of benzene rings is 1. The summed E-state index contributed by atoms with van der Waals surface area (Å²) in [7, 11) is 1.81. The van der Waals surface area contributed by atoms with E-state index in [0.29, 0.717) is 12.1 Å². The van der Waals surface area contributed by atoms with Gasteiger partial charge in [0.05, 0.1) is 5.56 Å². The zero-order chi connectivity index (χ0) is 15.1. The topological polar surface area (TPSA) is 92.9 Å². The molecule has 0 saturated carbocycles. The van der Waals surface area contributed by atoms with Gasteiger partial charge in [-0.15, -0.1) is 17.5 Å². The zero-order valence-corrected chi connectivity index (χ0v) is 13.7. The molecule has 0 atom stereocenters. The van der Waals surface area contributed by atoms with Crippen molar-refractivity contribution in [3.05, 3.63) is 35.4 Å². The van der Waals surface area contributed by atoms with Crippen LogP contribution in [0, 0.1) is 0 Å². The number of carbonyl (C=O) groups is 1. The summed E-state index contributed by atoms with van der Waals surface area (Å²) >= 11 is 1.60. The highest BCUT2D eigenvalue weighted by atomic mass is 35.5. The fourth-order valence-electron chi connectivity index (χ4n) is 1.81. The van der Waals surface area contributed by atoms with Gasteiger partial charge in [0.25, 0.3) is 0 Å². The molecule has 1 heterocycles. The summed E-state index contributed by atoms with van der Waals surface area (Å²) in [4.78, 5) is 11.1. The van der Waals surface area contributed by atoms with Gasteiger partial charge >= 0.3 is 5.97 Å². The van der Waals surface area contributed by atoms with Gasteiger partial charge in [0.15, 0.2) is 0 Å². The molecule has 120 valence electrons. The van der Waals surface area contributed by atoms with Crippen LogP contribution in [0.1, 0.15) is 22.3 Å². The van der Waals surface area contributed by atoms with Crippen molar-refractivity contribution in [2.75, 3.05) is 12.3 Å². The van der Waals surface area contributed by atoms with E-state index in [1.54, 1.807) is 28.6 Å². The van der Waals surface area contributed by atoms with Crippen LogP contribution in [0.2, 0.25) is 0 Å². The van der Waals surface area contributed by atoms with Gasteiger partial charge in [-0.05, 0) is 35.0 Å². The Morgan fingerprint density at radius 3 is 2.86 bits per heavy atom. The fraction of sp³-hybridized carbons (Fsp3) is 0.385. The predicted molar refractivity (Wildman–Crippen MR) is 86.5 cm³/mol. The second-order valence-electron chi connectivity index (χ2n) is 4.43. The molecule has 0 saturated heterocycles. The molecule has 0 fully saturated rings. The van der Waals surface area contributed by atoms with Crippen molar-refractivity contribution in [2.24, 2.45) is 7.05 Å². The van der Waals surface area contributed by atoms with Crippen LogP contribution in [-0.2, 0) is 13.6 Å². The normalized spacial score (nSPS) is 10.2. The summed E-state index contributed by atoms with van der Waals surface area (Å²) in [5.74, 6) is 0.0136. The van der Waals surface area contributed by atoms with Crippen LogP contribution < -0.4 is 5.32 Å². The molecule has 7 nitrogen and oxygen atoms in total. The van der Waals surface area contributed by atoms with Crippen molar-refractivity contribution >= 4 is 30.1 Å². The molecular formula is C13H18ClN5O2S. The molecule has 0 aliphatic heterocycles. The van der Waals surface area contributed by atoms with Crippen molar-refractivity contribution in [1.82, 2.24) is 25.5 Å². The Kier molecular flexibility index (Phi) is 7.86. The summed E-state index contributed by atoms with van der Waals surface area (Å²) in [5, 5.41) is 24.4. The summed E-state index contributed by atoms with van der Waals surface area (Å²) in [5.41, 5.74) is 1.15. The molecule has 22 heavy (non-hydrogen) atoms. The predicted octanol–water partition coefficient (Wildman–Crippen LogP) is 1.60. The van der Waals surface area contributed by atoms with E-state index in [1.165, 1.54) is 0 Å². The molecule has 1 aromatic carbocycles. The minimum atomic E-state index is -0.891. The summed E-state index contributed by atoms with van der Waals surface area (Å²) in [6.07, 6.45) is 0.951. The monoisotopic (exact) mass is 343 g/mol. The van der Waals surface area contributed by atoms with E-state index in [-0.39, 0.29) is 12.4 Å². The number of rotatable bonds is 8. The minimum Gasteiger partial charge on any atom is -0.478 e. The van der Waals surface area contributed by atoms with Gasteiger partial charge in [-0.3, -0.25) is 0 Å². The SMILES string of the molecule is Cl.Cn1nnnc1SCCCNCc1ccccc1C(=O)O. The van der Waals surface area contributed by atoms with Crippen molar-refractivity contribution in [3.63, 3.8) is 0 Å². The largest absolute Gasteiger partial charge is 0.478 e. The molecule has 0 unspecified atom stereocenters. The van der Waals surface area contributed by atoms with Crippen LogP contribution >= 0.6 is 24.2 Å². The average Bonchev–Trinajstić information content (AvgIpc) is 2.88. The Bertz CT molecular complexity index is 608. The minimum absolute atomic E-state index is 0. The van der Waals surface area contributed by atoms with Crippen LogP contribution in [0.3, 0.4) is 0 Å². The maximum atomic E-state index is 11.1. The van der Waals surface area contributed by atoms with Gasteiger partial charge in [0, 0.05) is 19.3 Å². The first-order valence-corrected chi connectivity index (χ1v) is 7.54. The second kappa shape index (κ2) is 9.39. The Balaban J connectivity index is 0.00000242. The van der Waals surface area contributed by atoms with Crippen LogP contribution in [0.4, 0.5) is 0 Å². The number of nitrogens with one attached hydrogen (secondary N) is 1. The number of hydrogen-bond donors (Lipinski definition) is 2. The first-order valence-electron chi connectivity index (χ1n) is 6.55. The lowest BCUT2D eigenvalue weighted by Gasteiger charge is -2.07. The first-order chi connectivity index (χ1) is 10.2. The van der Waals surface area contributed by atoms with Gasteiger partial charge in [0.1, 0.15) is 0 Å². The smallest absolute Gasteiger partial charge is 0.336 e. The Morgan fingerprint density at radius 2 is 2.18 bits per heavy atom. The van der Waals surface area contributed by atoms with Crippen LogP contribution in [-0.4, -0.2) is 43.6 Å². The number of nitrogens with zero attached hydrogens (tertiary/aromatic N) is 4. The highest BCUT2D eigenvalue weighted by Gasteiger charge is 2.08. The van der Waals surface area contributed by atoms with Crippen LogP contribution in [0.5, 0.6) is 0 Å². The molecule has 0 bridgehead atoms. The lowest BCUT2D eigenvalue weighted by molar-refractivity contribution is 0.0695. The highest BCUT2D eigenvalue weighted by molar-refractivity contribution is 7.99. The van der Waals surface area contributed by atoms with E-state index in [4.69, 9.17) is 5.11 Å². The third kappa shape index (κ3) is 5.28. The summed E-state index contributed by atoms with van der Waals surface area (Å²) in [6.45, 7) is 1.37. The number of aryl methyl sites for hydroxylation is 1. The number of halogens is 1. The van der Waals surface area contributed by atoms with Gasteiger partial charge in [-0.25, -0.2) is 9.48 Å². The maximum absolute atomic E-state index is 11.1. The molecule has 0 aliphatic carbocycles. The fourth-order valence-corrected chi connectivity index (χ4v) is 2.60. The number of aromatic nitrogens is 4. The highest BCUT2D eigenvalue weighted by Crippen LogP contribution is 2.13. The van der Waals surface area contributed by atoms with Crippen LogP contribution in [0.15, 0.2) is 29.4 Å². The zero-order valence-electron chi connectivity index (χ0n) is 12.1. The standard InChI is InChI=1S/C13H17N5O2S.ClH/c1-18-13(15-16-17-18)21-8-4-7-14-9-10-5-2-3-6-11(10)12(19)20;/h2-3,5-6,14H,4,7-9H2,1H3,(H,19,20);1H. The molecule has 2 aromatic rings. The second-order valence-corrected chi connectivity index (χ2v) is 5.49. The van der Waals surface area contributed by atoms with Crippen molar-refractivity contribution in [1.29, 1.82) is 0 Å². The molecule has 0 spiro atoms. The number of carboxylic acids is 1. The van der Waals surface area contributed by atoms with Gasteiger partial charge in [-0.2, -0.15) is 0 Å². The quantitative estimate of drug-likeness (QED) is 0.555. The van der Waals surface area contributed by atoms with Crippen molar-refractivity contribution < 1.29 is 9.90 Å². The molecule has 2 N–H and O–H groups in total. The summed E-state index contributed by atoms with van der Waals surface area (Å²) < 4.78 is 1.64. The molecular weight excluding hydrogens is 326 g/mol. The van der Waals surface area contributed by atoms with Crippen LogP contribution in [0.25, 0.3) is 0 Å². The molecule has 2 rings (SSSR count). The molecule has 0 aliphatic rings. The Morgan fingerprint density at radius 1 is 1.41 bits per heavy atom. The number of tetrazole rings is 1. The Labute approximate surface area is 138 Å². The van der Waals surface area contributed by atoms with E-state index in [1.807, 2.05) is 19.2 Å². The summed E-state index contributed by atoms with van der Waals surface area (Å²) in [6, 6.07) is 7.03. The first kappa shape index (κ1) is 18.4. The van der Waals surface area contributed by atoms with Gasteiger partial charge in [-0.1, -0.05) is 30.0 Å². The lowest BCUT2D eigenvalue weighted by atomic mass is 10.1. The number of thioether (sulfide) groups is 1. The van der Waals surface area contributed by atoms with E-state index in [2.05, 4.69) is 20.8 Å². The number of carboxylic acid groups (broad SMARTS) is 1. The Hall–Kier alpha value is -1.64. The molecule has 0 amide bonds. The molecule has 9 heteroatoms. The van der Waals surface area contributed by atoms with E-state index in [9.17, 15) is 4.79 Å².